The first-order valence-electron chi connectivity index (χ1n) is 8.39. The molecule has 1 aromatic rings. The monoisotopic (exact) mass is 355 g/mol. The van der Waals surface area contributed by atoms with Crippen LogP contribution in [0.25, 0.3) is 0 Å². The second-order valence-electron chi connectivity index (χ2n) is 6.07. The van der Waals surface area contributed by atoms with E-state index in [-0.39, 0.29) is 45.8 Å². The molecule has 0 atom stereocenters. The number of esters is 1. The molecule has 25 heavy (non-hydrogen) atoms. The second kappa shape index (κ2) is 8.89. The van der Waals surface area contributed by atoms with E-state index >= 15 is 0 Å². The molecule has 2 rings (SSSR count). The number of carbonyl (C=O) groups is 2. The SMILES string of the molecule is Cc1ccc(C(=O)OCCCCC(F)(F)C(=O)N2CCOCC2)cc1. The van der Waals surface area contributed by atoms with Gasteiger partial charge in [0.1, 0.15) is 0 Å². The van der Waals surface area contributed by atoms with E-state index in [2.05, 4.69) is 0 Å². The van der Waals surface area contributed by atoms with Gasteiger partial charge in [-0.25, -0.2) is 4.79 Å². The van der Waals surface area contributed by atoms with Gasteiger partial charge in [0.05, 0.1) is 25.4 Å². The molecule has 0 aromatic heterocycles. The number of hydrogen-bond acceptors (Lipinski definition) is 4. The number of benzene rings is 1. The molecule has 1 saturated heterocycles. The van der Waals surface area contributed by atoms with Gasteiger partial charge in [-0.1, -0.05) is 17.7 Å². The summed E-state index contributed by atoms with van der Waals surface area (Å²) >= 11 is 0. The Bertz CT molecular complexity index is 583. The Labute approximate surface area is 145 Å². The number of rotatable bonds is 7. The molecule has 138 valence electrons. The third-order valence-electron chi connectivity index (χ3n) is 4.02. The Hall–Kier alpha value is -2.02. The van der Waals surface area contributed by atoms with E-state index in [0.29, 0.717) is 5.56 Å². The van der Waals surface area contributed by atoms with Crippen LogP contribution in [0.4, 0.5) is 8.78 Å². The number of amides is 1. The van der Waals surface area contributed by atoms with Crippen molar-refractivity contribution in [2.45, 2.75) is 32.1 Å². The number of alkyl halides is 2. The molecule has 1 heterocycles. The summed E-state index contributed by atoms with van der Waals surface area (Å²) in [6, 6.07) is 6.92. The number of aryl methyl sites for hydroxylation is 1. The summed E-state index contributed by atoms with van der Waals surface area (Å²) in [6.07, 6.45) is -0.168. The fourth-order valence-electron chi connectivity index (χ4n) is 2.49. The molecular weight excluding hydrogens is 332 g/mol. The van der Waals surface area contributed by atoms with Gasteiger partial charge in [-0.2, -0.15) is 8.78 Å². The molecule has 0 bridgehead atoms. The molecule has 1 amide bonds. The molecule has 0 spiro atoms. The molecule has 1 fully saturated rings. The Morgan fingerprint density at radius 2 is 1.80 bits per heavy atom. The second-order valence-corrected chi connectivity index (χ2v) is 6.07. The summed E-state index contributed by atoms with van der Waals surface area (Å²) in [6.45, 7) is 2.93. The molecule has 7 heteroatoms. The first-order valence-corrected chi connectivity index (χ1v) is 8.39. The van der Waals surface area contributed by atoms with Crippen molar-refractivity contribution in [3.8, 4) is 0 Å². The van der Waals surface area contributed by atoms with E-state index in [1.165, 1.54) is 0 Å². The van der Waals surface area contributed by atoms with E-state index in [0.717, 1.165) is 10.5 Å². The molecule has 0 saturated carbocycles. The lowest BCUT2D eigenvalue weighted by atomic mass is 10.1. The lowest BCUT2D eigenvalue weighted by molar-refractivity contribution is -0.162. The van der Waals surface area contributed by atoms with E-state index in [4.69, 9.17) is 9.47 Å². The van der Waals surface area contributed by atoms with Crippen LogP contribution in [0, 0.1) is 6.92 Å². The maximum atomic E-state index is 14.0. The summed E-state index contributed by atoms with van der Waals surface area (Å²) in [5.41, 5.74) is 1.46. The van der Waals surface area contributed by atoms with Crippen LogP contribution >= 0.6 is 0 Å². The number of hydrogen-bond donors (Lipinski definition) is 0. The molecule has 5 nitrogen and oxygen atoms in total. The molecular formula is C18H23F2NO4. The van der Waals surface area contributed by atoms with Crippen LogP contribution < -0.4 is 0 Å². The van der Waals surface area contributed by atoms with Crippen LogP contribution in [0.3, 0.4) is 0 Å². The number of unbranched alkanes of at least 4 members (excludes halogenated alkanes) is 1. The van der Waals surface area contributed by atoms with Crippen molar-refractivity contribution < 1.29 is 27.8 Å². The average molecular weight is 355 g/mol. The van der Waals surface area contributed by atoms with Gasteiger partial charge in [0.15, 0.2) is 0 Å². The zero-order valence-corrected chi connectivity index (χ0v) is 14.3. The quantitative estimate of drug-likeness (QED) is 0.557. The molecule has 0 unspecified atom stereocenters. The topological polar surface area (TPSA) is 55.8 Å². The summed E-state index contributed by atoms with van der Waals surface area (Å²) in [5.74, 6) is -5.01. The van der Waals surface area contributed by atoms with Crippen LogP contribution in [0.5, 0.6) is 0 Å². The molecule has 1 aliphatic rings. The van der Waals surface area contributed by atoms with Gasteiger partial charge in [-0.3, -0.25) is 4.79 Å². The first kappa shape index (κ1) is 19.3. The highest BCUT2D eigenvalue weighted by atomic mass is 19.3. The number of ether oxygens (including phenoxy) is 2. The molecule has 0 radical (unpaired) electrons. The van der Waals surface area contributed by atoms with Gasteiger partial charge in [0.2, 0.25) is 0 Å². The van der Waals surface area contributed by atoms with E-state index in [1.54, 1.807) is 24.3 Å². The summed E-state index contributed by atoms with van der Waals surface area (Å²) in [5, 5.41) is 0. The lowest BCUT2D eigenvalue weighted by Gasteiger charge is -2.30. The Kier molecular flexibility index (Phi) is 6.87. The van der Waals surface area contributed by atoms with E-state index < -0.39 is 24.2 Å². The van der Waals surface area contributed by atoms with E-state index in [9.17, 15) is 18.4 Å². The minimum Gasteiger partial charge on any atom is -0.462 e. The highest BCUT2D eigenvalue weighted by Gasteiger charge is 2.41. The third-order valence-corrected chi connectivity index (χ3v) is 4.02. The Balaban J connectivity index is 1.68. The van der Waals surface area contributed by atoms with Crippen molar-refractivity contribution in [2.24, 2.45) is 0 Å². The predicted molar refractivity (Wildman–Crippen MR) is 87.7 cm³/mol. The number of carbonyl (C=O) groups excluding carboxylic acids is 2. The zero-order valence-electron chi connectivity index (χ0n) is 14.3. The first-order chi connectivity index (χ1) is 11.9. The van der Waals surface area contributed by atoms with Crippen LogP contribution in [0.15, 0.2) is 24.3 Å². The maximum Gasteiger partial charge on any atom is 0.338 e. The van der Waals surface area contributed by atoms with Gasteiger partial charge < -0.3 is 14.4 Å². The fraction of sp³-hybridized carbons (Fsp3) is 0.556. The minimum absolute atomic E-state index is 0.0501. The van der Waals surface area contributed by atoms with Gasteiger partial charge in [-0.15, -0.1) is 0 Å². The number of morpholine rings is 1. The normalized spacial score (nSPS) is 15.1. The van der Waals surface area contributed by atoms with Crippen molar-refractivity contribution in [3.05, 3.63) is 35.4 Å². The van der Waals surface area contributed by atoms with Crippen molar-refractivity contribution in [1.82, 2.24) is 4.90 Å². The van der Waals surface area contributed by atoms with Crippen LogP contribution in [0.2, 0.25) is 0 Å². The van der Waals surface area contributed by atoms with E-state index in [1.807, 2.05) is 6.92 Å². The molecule has 1 aliphatic heterocycles. The molecule has 0 N–H and O–H groups in total. The highest BCUT2D eigenvalue weighted by molar-refractivity contribution is 5.89. The van der Waals surface area contributed by atoms with Crippen LogP contribution in [0.1, 0.15) is 35.2 Å². The molecule has 1 aromatic carbocycles. The van der Waals surface area contributed by atoms with Gasteiger partial charge in [0.25, 0.3) is 5.91 Å². The van der Waals surface area contributed by atoms with Crippen molar-refractivity contribution >= 4 is 11.9 Å². The largest absolute Gasteiger partial charge is 0.462 e. The van der Waals surface area contributed by atoms with Crippen molar-refractivity contribution in [1.29, 1.82) is 0 Å². The van der Waals surface area contributed by atoms with Crippen LogP contribution in [-0.4, -0.2) is 55.6 Å². The smallest absolute Gasteiger partial charge is 0.338 e. The number of nitrogens with zero attached hydrogens (tertiary/aromatic N) is 1. The molecule has 0 aliphatic carbocycles. The standard InChI is InChI=1S/C18H23F2NO4/c1-14-4-6-15(7-5-14)16(22)25-11-3-2-8-18(19,20)17(23)21-9-12-24-13-10-21/h4-7H,2-3,8-13H2,1H3. The summed E-state index contributed by atoms with van der Waals surface area (Å²) in [4.78, 5) is 24.8. The zero-order chi connectivity index (χ0) is 18.3. The Morgan fingerprint density at radius 3 is 2.44 bits per heavy atom. The van der Waals surface area contributed by atoms with Crippen LogP contribution in [-0.2, 0) is 14.3 Å². The number of halogens is 2. The third kappa shape index (κ3) is 5.77. The Morgan fingerprint density at radius 1 is 1.16 bits per heavy atom. The van der Waals surface area contributed by atoms with Gasteiger partial charge >= 0.3 is 11.9 Å². The fourth-order valence-corrected chi connectivity index (χ4v) is 2.49. The van der Waals surface area contributed by atoms with Crippen molar-refractivity contribution in [3.63, 3.8) is 0 Å². The summed E-state index contributed by atoms with van der Waals surface area (Å²) < 4.78 is 38.0. The van der Waals surface area contributed by atoms with Gasteiger partial charge in [-0.05, 0) is 31.9 Å². The maximum absolute atomic E-state index is 14.0. The van der Waals surface area contributed by atoms with Crippen molar-refractivity contribution in [2.75, 3.05) is 32.9 Å². The summed E-state index contributed by atoms with van der Waals surface area (Å²) in [7, 11) is 0. The minimum atomic E-state index is -3.39. The highest BCUT2D eigenvalue weighted by Crippen LogP contribution is 2.24. The predicted octanol–water partition coefficient (Wildman–Crippen LogP) is 2.82. The average Bonchev–Trinajstić information content (AvgIpc) is 2.62. The lowest BCUT2D eigenvalue weighted by Crippen LogP contribution is -2.48. The van der Waals surface area contributed by atoms with Gasteiger partial charge in [0, 0.05) is 19.5 Å².